The highest BCUT2D eigenvalue weighted by atomic mass is 16.1. The first-order valence-corrected chi connectivity index (χ1v) is 9.06. The monoisotopic (exact) mass is 324 g/mol. The molecule has 2 atom stereocenters. The van der Waals surface area contributed by atoms with E-state index in [2.05, 4.69) is 72.8 Å². The van der Waals surface area contributed by atoms with Crippen LogP contribution < -0.4 is 0 Å². The fourth-order valence-corrected chi connectivity index (χ4v) is 4.95. The highest BCUT2D eigenvalue weighted by Gasteiger charge is 2.46. The number of hydrogen-bond acceptors (Lipinski definition) is 1. The van der Waals surface area contributed by atoms with E-state index in [0.717, 1.165) is 12.8 Å². The summed E-state index contributed by atoms with van der Waals surface area (Å²) in [5, 5.41) is 2.53. The molecule has 3 aromatic rings. The van der Waals surface area contributed by atoms with Crippen molar-refractivity contribution in [2.45, 2.75) is 30.6 Å². The van der Waals surface area contributed by atoms with Crippen molar-refractivity contribution in [3.8, 4) is 0 Å². The van der Waals surface area contributed by atoms with Gasteiger partial charge >= 0.3 is 0 Å². The molecule has 122 valence electrons. The van der Waals surface area contributed by atoms with Gasteiger partial charge in [-0.3, -0.25) is 4.79 Å². The molecular formula is C24H20O. The molecular weight excluding hydrogens is 304 g/mol. The maximum absolute atomic E-state index is 12.3. The van der Waals surface area contributed by atoms with Gasteiger partial charge in [-0.2, -0.15) is 0 Å². The van der Waals surface area contributed by atoms with Gasteiger partial charge in [-0.1, -0.05) is 72.8 Å². The van der Waals surface area contributed by atoms with E-state index in [4.69, 9.17) is 0 Å². The smallest absolute Gasteiger partial charge is 0.156 e. The van der Waals surface area contributed by atoms with Gasteiger partial charge in [0.15, 0.2) is 5.78 Å². The summed E-state index contributed by atoms with van der Waals surface area (Å²) in [7, 11) is 0. The van der Waals surface area contributed by atoms with Crippen molar-refractivity contribution in [2.24, 2.45) is 0 Å². The van der Waals surface area contributed by atoms with E-state index in [-0.39, 0.29) is 17.1 Å². The van der Waals surface area contributed by atoms with Crippen molar-refractivity contribution in [1.82, 2.24) is 0 Å². The third-order valence-electron chi connectivity index (χ3n) is 6.12. The van der Waals surface area contributed by atoms with Crippen molar-refractivity contribution >= 4 is 16.6 Å². The van der Waals surface area contributed by atoms with Crippen molar-refractivity contribution < 1.29 is 4.79 Å². The summed E-state index contributed by atoms with van der Waals surface area (Å²) in [6, 6.07) is 23.8. The van der Waals surface area contributed by atoms with Crippen molar-refractivity contribution in [3.05, 3.63) is 95.6 Å². The summed E-state index contributed by atoms with van der Waals surface area (Å²) in [5.74, 6) is 0.452. The van der Waals surface area contributed by atoms with E-state index >= 15 is 0 Å². The second-order valence-electron chi connectivity index (χ2n) is 7.32. The van der Waals surface area contributed by atoms with Crippen LogP contribution in [0.4, 0.5) is 0 Å². The van der Waals surface area contributed by atoms with Crippen LogP contribution in [0.2, 0.25) is 0 Å². The Hall–Kier alpha value is -2.67. The maximum atomic E-state index is 12.3. The van der Waals surface area contributed by atoms with Gasteiger partial charge in [0.05, 0.1) is 0 Å². The average molecular weight is 324 g/mol. The molecule has 1 nitrogen and oxygen atoms in total. The highest BCUT2D eigenvalue weighted by molar-refractivity contribution is 5.94. The minimum Gasteiger partial charge on any atom is -0.295 e. The maximum Gasteiger partial charge on any atom is 0.156 e. The molecule has 0 fully saturated rings. The number of benzene rings is 3. The lowest BCUT2D eigenvalue weighted by molar-refractivity contribution is -0.115. The second kappa shape index (κ2) is 5.42. The van der Waals surface area contributed by atoms with Crippen LogP contribution in [0.5, 0.6) is 0 Å². The first-order valence-electron chi connectivity index (χ1n) is 9.06. The molecule has 25 heavy (non-hydrogen) atoms. The van der Waals surface area contributed by atoms with Crippen molar-refractivity contribution in [1.29, 1.82) is 0 Å². The van der Waals surface area contributed by atoms with Crippen LogP contribution >= 0.6 is 0 Å². The molecule has 0 amide bonds. The summed E-state index contributed by atoms with van der Waals surface area (Å²) in [4.78, 5) is 12.3. The number of fused-ring (bicyclic) bond motifs is 3. The van der Waals surface area contributed by atoms with Crippen LogP contribution in [0.25, 0.3) is 10.8 Å². The zero-order valence-corrected chi connectivity index (χ0v) is 14.1. The molecule has 0 saturated carbocycles. The first-order chi connectivity index (χ1) is 12.3. The molecule has 0 unspecified atom stereocenters. The Labute approximate surface area is 148 Å². The lowest BCUT2D eigenvalue weighted by Crippen LogP contribution is -2.34. The highest BCUT2D eigenvalue weighted by Crippen LogP contribution is 2.53. The van der Waals surface area contributed by atoms with Gasteiger partial charge in [0.1, 0.15) is 0 Å². The van der Waals surface area contributed by atoms with Crippen LogP contribution in [-0.2, 0) is 16.6 Å². The number of carbonyl (C=O) groups excluding carboxylic acids is 1. The van der Waals surface area contributed by atoms with E-state index < -0.39 is 0 Å². The Balaban J connectivity index is 1.77. The van der Waals surface area contributed by atoms with Crippen LogP contribution in [-0.4, -0.2) is 5.78 Å². The Morgan fingerprint density at radius 2 is 1.68 bits per heavy atom. The number of hydrogen-bond donors (Lipinski definition) is 0. The molecule has 0 bridgehead atoms. The molecule has 1 heteroatoms. The molecule has 0 radical (unpaired) electrons. The Kier molecular flexibility index (Phi) is 3.18. The van der Waals surface area contributed by atoms with Gasteiger partial charge in [0.2, 0.25) is 0 Å². The second-order valence-corrected chi connectivity index (χ2v) is 7.32. The summed E-state index contributed by atoms with van der Waals surface area (Å²) in [6.07, 6.45) is 6.81. The molecule has 0 saturated heterocycles. The zero-order chi connectivity index (χ0) is 16.9. The third-order valence-corrected chi connectivity index (χ3v) is 6.12. The number of carbonyl (C=O) groups is 1. The summed E-state index contributed by atoms with van der Waals surface area (Å²) in [6.45, 7) is 0. The Morgan fingerprint density at radius 3 is 2.64 bits per heavy atom. The van der Waals surface area contributed by atoms with E-state index in [1.807, 2.05) is 6.08 Å². The normalized spacial score (nSPS) is 24.8. The molecule has 3 aromatic carbocycles. The largest absolute Gasteiger partial charge is 0.295 e. The summed E-state index contributed by atoms with van der Waals surface area (Å²) in [5.41, 5.74) is 4.12. The standard InChI is InChI=1S/C24H20O/c25-19-13-15-24(14-12-18-7-2-4-11-22(18)24)23(16-19)21-10-5-8-17-6-1-3-9-20(17)21/h1-11,13,15,23H,12,14,16H2/t23-,24-/m1/s1. The van der Waals surface area contributed by atoms with Gasteiger partial charge in [0, 0.05) is 17.8 Å². The van der Waals surface area contributed by atoms with Gasteiger partial charge in [-0.25, -0.2) is 0 Å². The summed E-state index contributed by atoms with van der Waals surface area (Å²) >= 11 is 0. The van der Waals surface area contributed by atoms with E-state index in [0.29, 0.717) is 6.42 Å². The topological polar surface area (TPSA) is 17.1 Å². The Bertz CT molecular complexity index is 1010. The van der Waals surface area contributed by atoms with Crippen LogP contribution in [0.15, 0.2) is 78.9 Å². The summed E-state index contributed by atoms with van der Waals surface area (Å²) < 4.78 is 0. The fourth-order valence-electron chi connectivity index (χ4n) is 4.95. The minimum atomic E-state index is -0.0470. The van der Waals surface area contributed by atoms with Crippen LogP contribution in [0.3, 0.4) is 0 Å². The fraction of sp³-hybridized carbons (Fsp3) is 0.208. The van der Waals surface area contributed by atoms with Gasteiger partial charge < -0.3 is 0 Å². The zero-order valence-electron chi connectivity index (χ0n) is 14.1. The predicted molar refractivity (Wildman–Crippen MR) is 102 cm³/mol. The van der Waals surface area contributed by atoms with Gasteiger partial charge in [0.25, 0.3) is 0 Å². The van der Waals surface area contributed by atoms with Crippen molar-refractivity contribution in [2.75, 3.05) is 0 Å². The van der Waals surface area contributed by atoms with Gasteiger partial charge in [-0.15, -0.1) is 0 Å². The third kappa shape index (κ3) is 2.12. The number of ketones is 1. The SMILES string of the molecule is O=C1C=C[C@@]2(CCc3ccccc32)[C@@H](c2cccc3ccccc23)C1. The van der Waals surface area contributed by atoms with E-state index in [9.17, 15) is 4.79 Å². The first kappa shape index (κ1) is 14.7. The van der Waals surface area contributed by atoms with Crippen LogP contribution in [0.1, 0.15) is 35.4 Å². The molecule has 2 aliphatic carbocycles. The van der Waals surface area contributed by atoms with Gasteiger partial charge in [-0.05, 0) is 46.4 Å². The number of rotatable bonds is 1. The molecule has 2 aliphatic rings. The molecule has 0 N–H and O–H groups in total. The van der Waals surface area contributed by atoms with E-state index in [1.165, 1.54) is 27.5 Å². The Morgan fingerprint density at radius 1 is 0.880 bits per heavy atom. The molecule has 1 spiro atoms. The minimum absolute atomic E-state index is 0.0470. The average Bonchev–Trinajstić information content (AvgIpc) is 3.03. The number of allylic oxidation sites excluding steroid dienone is 2. The quantitative estimate of drug-likeness (QED) is 0.591. The molecule has 0 aromatic heterocycles. The lowest BCUT2D eigenvalue weighted by atomic mass is 9.63. The van der Waals surface area contributed by atoms with Crippen molar-refractivity contribution in [3.63, 3.8) is 0 Å². The van der Waals surface area contributed by atoms with Crippen LogP contribution in [0, 0.1) is 0 Å². The molecule has 5 rings (SSSR count). The number of aryl methyl sites for hydroxylation is 1. The predicted octanol–water partition coefficient (Wildman–Crippen LogP) is 5.34. The van der Waals surface area contributed by atoms with E-state index in [1.54, 1.807) is 0 Å². The molecule has 0 aliphatic heterocycles. The lowest BCUT2D eigenvalue weighted by Gasteiger charge is -2.39. The molecule has 0 heterocycles.